The van der Waals surface area contributed by atoms with Crippen LogP contribution >= 0.6 is 0 Å². The van der Waals surface area contributed by atoms with Gasteiger partial charge in [0.1, 0.15) is 17.1 Å². The number of ether oxygens (including phenoxy) is 3. The van der Waals surface area contributed by atoms with Gasteiger partial charge in [-0.3, -0.25) is 4.98 Å². The second kappa shape index (κ2) is 11.6. The van der Waals surface area contributed by atoms with Crippen LogP contribution in [-0.4, -0.2) is 66.0 Å². The molecule has 1 N–H and O–H groups in total. The summed E-state index contributed by atoms with van der Waals surface area (Å²) in [6.45, 7) is 6.17. The van der Waals surface area contributed by atoms with Crippen LogP contribution < -0.4 is 19.7 Å². The fraction of sp³-hybridized carbons (Fsp3) is 0.500. The molecule has 3 heterocycles. The van der Waals surface area contributed by atoms with E-state index in [2.05, 4.69) is 49.2 Å². The summed E-state index contributed by atoms with van der Waals surface area (Å²) in [5, 5.41) is 3.33. The first-order valence-electron chi connectivity index (χ1n) is 11.6. The van der Waals surface area contributed by atoms with Crippen molar-refractivity contribution in [1.82, 2.24) is 19.9 Å². The Morgan fingerprint density at radius 3 is 2.76 bits per heavy atom. The SMILES string of the molecule is CCC[C@@H](CCCNc1ccnc(OC)n1)Oc1cc(N2CCOCC2)cc2nccnc12. The molecule has 1 aliphatic rings. The third-order valence-electron chi connectivity index (χ3n) is 5.63. The van der Waals surface area contributed by atoms with Crippen LogP contribution in [0.3, 0.4) is 0 Å². The Morgan fingerprint density at radius 2 is 1.94 bits per heavy atom. The van der Waals surface area contributed by atoms with Gasteiger partial charge in [0.2, 0.25) is 0 Å². The fourth-order valence-corrected chi connectivity index (χ4v) is 3.97. The second-order valence-corrected chi connectivity index (χ2v) is 7.99. The van der Waals surface area contributed by atoms with Crippen molar-refractivity contribution in [1.29, 1.82) is 0 Å². The van der Waals surface area contributed by atoms with Crippen molar-refractivity contribution in [3.05, 3.63) is 36.8 Å². The Bertz CT molecular complexity index is 1030. The van der Waals surface area contributed by atoms with Crippen molar-refractivity contribution < 1.29 is 14.2 Å². The van der Waals surface area contributed by atoms with E-state index < -0.39 is 0 Å². The van der Waals surface area contributed by atoms with Gasteiger partial charge < -0.3 is 24.4 Å². The Hall–Kier alpha value is -3.20. The van der Waals surface area contributed by atoms with Crippen LogP contribution in [0.25, 0.3) is 11.0 Å². The van der Waals surface area contributed by atoms with Gasteiger partial charge in [-0.15, -0.1) is 0 Å². The molecule has 0 saturated carbocycles. The number of rotatable bonds is 11. The summed E-state index contributed by atoms with van der Waals surface area (Å²) >= 11 is 0. The van der Waals surface area contributed by atoms with E-state index in [4.69, 9.17) is 14.2 Å². The van der Waals surface area contributed by atoms with Gasteiger partial charge in [-0.2, -0.15) is 4.98 Å². The van der Waals surface area contributed by atoms with E-state index in [0.29, 0.717) is 6.01 Å². The lowest BCUT2D eigenvalue weighted by molar-refractivity contribution is 0.122. The Labute approximate surface area is 194 Å². The maximum atomic E-state index is 6.55. The van der Waals surface area contributed by atoms with Gasteiger partial charge in [0.25, 0.3) is 0 Å². The zero-order chi connectivity index (χ0) is 22.9. The lowest BCUT2D eigenvalue weighted by Gasteiger charge is -2.29. The molecule has 4 rings (SSSR count). The minimum atomic E-state index is 0.0990. The van der Waals surface area contributed by atoms with Crippen LogP contribution in [0.1, 0.15) is 32.6 Å². The highest BCUT2D eigenvalue weighted by Gasteiger charge is 2.18. The molecular weight excluding hydrogens is 420 g/mol. The second-order valence-electron chi connectivity index (χ2n) is 7.99. The van der Waals surface area contributed by atoms with Crippen LogP contribution in [-0.2, 0) is 4.74 Å². The molecule has 0 spiro atoms. The zero-order valence-electron chi connectivity index (χ0n) is 19.4. The van der Waals surface area contributed by atoms with E-state index >= 15 is 0 Å². The normalized spacial score (nSPS) is 14.8. The maximum Gasteiger partial charge on any atom is 0.318 e. The summed E-state index contributed by atoms with van der Waals surface area (Å²) in [4.78, 5) is 19.8. The zero-order valence-corrected chi connectivity index (χ0v) is 19.4. The highest BCUT2D eigenvalue weighted by atomic mass is 16.5. The largest absolute Gasteiger partial charge is 0.488 e. The number of aromatic nitrogens is 4. The first-order valence-corrected chi connectivity index (χ1v) is 11.6. The molecule has 0 amide bonds. The molecular formula is C24H32N6O3. The number of hydrogen-bond acceptors (Lipinski definition) is 9. The van der Waals surface area contributed by atoms with Gasteiger partial charge in [0, 0.05) is 50.0 Å². The van der Waals surface area contributed by atoms with Crippen LogP contribution in [0.15, 0.2) is 36.8 Å². The quantitative estimate of drug-likeness (QED) is 0.437. The highest BCUT2D eigenvalue weighted by molar-refractivity contribution is 5.85. The first kappa shape index (κ1) is 23.0. The van der Waals surface area contributed by atoms with E-state index in [9.17, 15) is 0 Å². The maximum absolute atomic E-state index is 6.55. The van der Waals surface area contributed by atoms with Gasteiger partial charge in [-0.25, -0.2) is 9.97 Å². The summed E-state index contributed by atoms with van der Waals surface area (Å²) in [5.74, 6) is 1.56. The topological polar surface area (TPSA) is 94.5 Å². The van der Waals surface area contributed by atoms with Crippen LogP contribution in [0.5, 0.6) is 11.8 Å². The standard InChI is InChI=1S/C24H32N6O3/c1-3-5-19(6-4-8-26-22-7-9-28-24(29-22)31-2)33-21-17-18(30-12-14-32-15-13-30)16-20-23(21)27-11-10-25-20/h7,9-11,16-17,19H,3-6,8,12-15H2,1-2H3,(H,26,28,29)/t19-/m0/s1. The van der Waals surface area contributed by atoms with Crippen molar-refractivity contribution >= 4 is 22.5 Å². The molecule has 1 atom stereocenters. The number of fused-ring (bicyclic) bond motifs is 1. The number of hydrogen-bond donors (Lipinski definition) is 1. The summed E-state index contributed by atoms with van der Waals surface area (Å²) in [5.41, 5.74) is 2.77. The minimum Gasteiger partial charge on any atom is -0.488 e. The van der Waals surface area contributed by atoms with Crippen molar-refractivity contribution in [2.24, 2.45) is 0 Å². The Balaban J connectivity index is 1.43. The lowest BCUT2D eigenvalue weighted by atomic mass is 10.1. The number of methoxy groups -OCH3 is 1. The summed E-state index contributed by atoms with van der Waals surface area (Å²) in [6, 6.07) is 6.40. The number of anilines is 2. The average Bonchev–Trinajstić information content (AvgIpc) is 2.87. The molecule has 3 aromatic rings. The third-order valence-corrected chi connectivity index (χ3v) is 5.63. The molecule has 176 valence electrons. The number of morpholine rings is 1. The van der Waals surface area contributed by atoms with Crippen LogP contribution in [0, 0.1) is 0 Å². The van der Waals surface area contributed by atoms with E-state index in [0.717, 1.165) is 86.8 Å². The molecule has 0 aliphatic carbocycles. The number of nitrogens with zero attached hydrogens (tertiary/aromatic N) is 5. The van der Waals surface area contributed by atoms with Crippen molar-refractivity contribution in [2.75, 3.05) is 50.2 Å². The predicted octanol–water partition coefficient (Wildman–Crippen LogP) is 3.70. The lowest BCUT2D eigenvalue weighted by Crippen LogP contribution is -2.36. The highest BCUT2D eigenvalue weighted by Crippen LogP contribution is 2.31. The van der Waals surface area contributed by atoms with E-state index in [1.807, 2.05) is 6.07 Å². The van der Waals surface area contributed by atoms with Crippen molar-refractivity contribution in [3.63, 3.8) is 0 Å². The molecule has 33 heavy (non-hydrogen) atoms. The molecule has 9 nitrogen and oxygen atoms in total. The van der Waals surface area contributed by atoms with Gasteiger partial charge in [-0.1, -0.05) is 13.3 Å². The number of nitrogens with one attached hydrogen (secondary N) is 1. The van der Waals surface area contributed by atoms with Gasteiger partial charge in [0.05, 0.1) is 31.9 Å². The molecule has 1 fully saturated rings. The van der Waals surface area contributed by atoms with Crippen LogP contribution in [0.4, 0.5) is 11.5 Å². The minimum absolute atomic E-state index is 0.0990. The monoisotopic (exact) mass is 452 g/mol. The van der Waals surface area contributed by atoms with Gasteiger partial charge in [0.15, 0.2) is 0 Å². The average molecular weight is 453 g/mol. The van der Waals surface area contributed by atoms with E-state index in [-0.39, 0.29) is 6.10 Å². The van der Waals surface area contributed by atoms with Gasteiger partial charge in [-0.05, 0) is 31.4 Å². The van der Waals surface area contributed by atoms with Crippen molar-refractivity contribution in [2.45, 2.75) is 38.7 Å². The fourth-order valence-electron chi connectivity index (χ4n) is 3.97. The molecule has 0 bridgehead atoms. The first-order chi connectivity index (χ1) is 16.3. The molecule has 0 unspecified atom stereocenters. The smallest absolute Gasteiger partial charge is 0.318 e. The van der Waals surface area contributed by atoms with E-state index in [1.165, 1.54) is 0 Å². The van der Waals surface area contributed by atoms with Crippen molar-refractivity contribution in [3.8, 4) is 11.8 Å². The number of benzene rings is 1. The third kappa shape index (κ3) is 6.19. The summed E-state index contributed by atoms with van der Waals surface area (Å²) < 4.78 is 17.2. The molecule has 2 aromatic heterocycles. The molecule has 0 radical (unpaired) electrons. The van der Waals surface area contributed by atoms with Crippen LogP contribution in [0.2, 0.25) is 0 Å². The predicted molar refractivity (Wildman–Crippen MR) is 128 cm³/mol. The molecule has 1 aliphatic heterocycles. The Kier molecular flexibility index (Phi) is 8.08. The molecule has 1 saturated heterocycles. The summed E-state index contributed by atoms with van der Waals surface area (Å²) in [7, 11) is 1.56. The van der Waals surface area contributed by atoms with Gasteiger partial charge >= 0.3 is 6.01 Å². The summed E-state index contributed by atoms with van der Waals surface area (Å²) in [6.07, 6.45) is 9.13. The Morgan fingerprint density at radius 1 is 1.09 bits per heavy atom. The van der Waals surface area contributed by atoms with E-state index in [1.54, 1.807) is 25.7 Å². The molecule has 1 aromatic carbocycles. The molecule has 9 heteroatoms.